The van der Waals surface area contributed by atoms with Crippen LogP contribution in [-0.4, -0.2) is 5.78 Å². The third-order valence-electron chi connectivity index (χ3n) is 2.44. The van der Waals surface area contributed by atoms with Crippen molar-refractivity contribution in [2.45, 2.75) is 0 Å². The van der Waals surface area contributed by atoms with Crippen LogP contribution in [-0.2, 0) is 0 Å². The maximum absolute atomic E-state index is 12.0. The number of para-hydroxylation sites is 1. The third-order valence-corrected chi connectivity index (χ3v) is 3.62. The SMILES string of the molecule is O=C1/C(=C/c2ccc(Cl)s2)Oc2ccccc21. The highest BCUT2D eigenvalue weighted by atomic mass is 35.5. The molecule has 0 bridgehead atoms. The molecule has 0 amide bonds. The summed E-state index contributed by atoms with van der Waals surface area (Å²) >= 11 is 7.25. The third kappa shape index (κ3) is 1.88. The van der Waals surface area contributed by atoms with E-state index in [0.29, 0.717) is 21.4 Å². The molecule has 1 aromatic heterocycles. The number of Topliss-reactive ketones (excluding diaryl/α,β-unsaturated/α-hetero) is 1. The van der Waals surface area contributed by atoms with Gasteiger partial charge in [-0.15, -0.1) is 11.3 Å². The van der Waals surface area contributed by atoms with Crippen molar-refractivity contribution < 1.29 is 9.53 Å². The molecular formula is C13H7ClO2S. The summed E-state index contributed by atoms with van der Waals surface area (Å²) in [6.45, 7) is 0. The van der Waals surface area contributed by atoms with Crippen molar-refractivity contribution in [1.82, 2.24) is 0 Å². The number of benzene rings is 1. The lowest BCUT2D eigenvalue weighted by molar-refractivity contribution is 0.101. The Morgan fingerprint density at radius 1 is 1.18 bits per heavy atom. The van der Waals surface area contributed by atoms with E-state index in [4.69, 9.17) is 16.3 Å². The molecule has 0 fully saturated rings. The fraction of sp³-hybridized carbons (Fsp3) is 0. The van der Waals surface area contributed by atoms with Crippen molar-refractivity contribution in [2.75, 3.05) is 0 Å². The highest BCUT2D eigenvalue weighted by molar-refractivity contribution is 7.17. The molecule has 1 aliphatic rings. The van der Waals surface area contributed by atoms with E-state index in [-0.39, 0.29) is 5.78 Å². The molecule has 84 valence electrons. The Bertz CT molecular complexity index is 628. The zero-order chi connectivity index (χ0) is 11.8. The van der Waals surface area contributed by atoms with Crippen molar-refractivity contribution in [1.29, 1.82) is 0 Å². The van der Waals surface area contributed by atoms with Crippen LogP contribution >= 0.6 is 22.9 Å². The minimum atomic E-state index is -0.0786. The van der Waals surface area contributed by atoms with Crippen molar-refractivity contribution in [2.24, 2.45) is 0 Å². The molecule has 2 heterocycles. The number of hydrogen-bond donors (Lipinski definition) is 0. The molecule has 0 saturated heterocycles. The Labute approximate surface area is 107 Å². The fourth-order valence-corrected chi connectivity index (χ4v) is 2.66. The predicted molar refractivity (Wildman–Crippen MR) is 68.7 cm³/mol. The van der Waals surface area contributed by atoms with Gasteiger partial charge in [0, 0.05) is 11.0 Å². The van der Waals surface area contributed by atoms with Gasteiger partial charge in [-0.05, 0) is 24.3 Å². The number of ether oxygens (including phenoxy) is 1. The molecule has 0 radical (unpaired) electrons. The fourth-order valence-electron chi connectivity index (χ4n) is 1.67. The summed E-state index contributed by atoms with van der Waals surface area (Å²) in [7, 11) is 0. The molecule has 2 nitrogen and oxygen atoms in total. The van der Waals surface area contributed by atoms with Gasteiger partial charge in [0.05, 0.1) is 9.90 Å². The molecule has 17 heavy (non-hydrogen) atoms. The Morgan fingerprint density at radius 2 is 2.00 bits per heavy atom. The number of hydrogen-bond acceptors (Lipinski definition) is 3. The van der Waals surface area contributed by atoms with E-state index in [9.17, 15) is 4.79 Å². The zero-order valence-corrected chi connectivity index (χ0v) is 10.2. The second-order valence-electron chi connectivity index (χ2n) is 3.58. The standard InChI is InChI=1S/C13H7ClO2S/c14-12-6-5-8(17-12)7-11-13(15)9-3-1-2-4-10(9)16-11/h1-7H/b11-7-. The van der Waals surface area contributed by atoms with Gasteiger partial charge in [0.2, 0.25) is 5.78 Å². The number of thiophene rings is 1. The summed E-state index contributed by atoms with van der Waals surface area (Å²) in [5, 5.41) is 0. The number of carbonyl (C=O) groups is 1. The van der Waals surface area contributed by atoms with Crippen LogP contribution in [0.4, 0.5) is 0 Å². The number of carbonyl (C=O) groups excluding carboxylic acids is 1. The highest BCUT2D eigenvalue weighted by Gasteiger charge is 2.26. The largest absolute Gasteiger partial charge is 0.452 e. The van der Waals surface area contributed by atoms with Gasteiger partial charge < -0.3 is 4.74 Å². The first-order valence-electron chi connectivity index (χ1n) is 5.02. The van der Waals surface area contributed by atoms with Crippen LogP contribution in [0.1, 0.15) is 15.2 Å². The smallest absolute Gasteiger partial charge is 0.231 e. The first-order valence-corrected chi connectivity index (χ1v) is 6.22. The maximum atomic E-state index is 12.0. The van der Waals surface area contributed by atoms with Gasteiger partial charge in [-0.2, -0.15) is 0 Å². The van der Waals surface area contributed by atoms with Crippen LogP contribution in [0.2, 0.25) is 4.34 Å². The average molecular weight is 263 g/mol. The van der Waals surface area contributed by atoms with Crippen LogP contribution in [0.15, 0.2) is 42.2 Å². The molecule has 1 aliphatic heterocycles. The molecule has 0 saturated carbocycles. The molecule has 0 atom stereocenters. The Morgan fingerprint density at radius 3 is 2.71 bits per heavy atom. The molecule has 0 aliphatic carbocycles. The predicted octanol–water partition coefficient (Wildman–Crippen LogP) is 4.02. The molecule has 0 N–H and O–H groups in total. The first-order chi connectivity index (χ1) is 8.24. The van der Waals surface area contributed by atoms with Crippen LogP contribution in [0.25, 0.3) is 6.08 Å². The van der Waals surface area contributed by atoms with Gasteiger partial charge in [0.15, 0.2) is 5.76 Å². The van der Waals surface area contributed by atoms with Crippen molar-refractivity contribution in [3.05, 3.63) is 56.9 Å². The van der Waals surface area contributed by atoms with Crippen molar-refractivity contribution in [3.8, 4) is 5.75 Å². The van der Waals surface area contributed by atoms with Gasteiger partial charge in [-0.1, -0.05) is 23.7 Å². The van der Waals surface area contributed by atoms with Crippen molar-refractivity contribution >= 4 is 34.8 Å². The molecular weight excluding hydrogens is 256 g/mol. The second-order valence-corrected chi connectivity index (χ2v) is 5.32. The lowest BCUT2D eigenvalue weighted by Gasteiger charge is -1.95. The topological polar surface area (TPSA) is 26.3 Å². The van der Waals surface area contributed by atoms with E-state index in [1.54, 1.807) is 24.3 Å². The minimum Gasteiger partial charge on any atom is -0.452 e. The number of rotatable bonds is 1. The van der Waals surface area contributed by atoms with Gasteiger partial charge in [-0.25, -0.2) is 0 Å². The normalized spacial score (nSPS) is 16.1. The zero-order valence-electron chi connectivity index (χ0n) is 8.64. The lowest BCUT2D eigenvalue weighted by atomic mass is 10.1. The lowest BCUT2D eigenvalue weighted by Crippen LogP contribution is -1.97. The molecule has 1 aromatic carbocycles. The molecule has 3 rings (SSSR count). The van der Waals surface area contributed by atoms with E-state index in [2.05, 4.69) is 0 Å². The Hall–Kier alpha value is -1.58. The van der Waals surface area contributed by atoms with Crippen molar-refractivity contribution in [3.63, 3.8) is 0 Å². The second kappa shape index (κ2) is 4.02. The first kappa shape index (κ1) is 10.6. The van der Waals surface area contributed by atoms with Crippen LogP contribution in [0.3, 0.4) is 0 Å². The van der Waals surface area contributed by atoms with Gasteiger partial charge in [0.25, 0.3) is 0 Å². The summed E-state index contributed by atoms with van der Waals surface area (Å²) in [6.07, 6.45) is 1.72. The Balaban J connectivity index is 1.99. The summed E-state index contributed by atoms with van der Waals surface area (Å²) in [5.74, 6) is 0.890. The van der Waals surface area contributed by atoms with E-state index in [1.807, 2.05) is 18.2 Å². The summed E-state index contributed by atoms with van der Waals surface area (Å²) in [5.41, 5.74) is 0.612. The highest BCUT2D eigenvalue weighted by Crippen LogP contribution is 2.32. The average Bonchev–Trinajstić information content (AvgIpc) is 2.86. The summed E-state index contributed by atoms with van der Waals surface area (Å²) in [6, 6.07) is 10.9. The quantitative estimate of drug-likeness (QED) is 0.726. The van der Waals surface area contributed by atoms with E-state index >= 15 is 0 Å². The number of allylic oxidation sites excluding steroid dienone is 1. The van der Waals surface area contributed by atoms with Gasteiger partial charge >= 0.3 is 0 Å². The monoisotopic (exact) mass is 262 g/mol. The van der Waals surface area contributed by atoms with E-state index < -0.39 is 0 Å². The van der Waals surface area contributed by atoms with E-state index in [0.717, 1.165) is 4.88 Å². The maximum Gasteiger partial charge on any atom is 0.231 e. The van der Waals surface area contributed by atoms with Crippen LogP contribution in [0.5, 0.6) is 5.75 Å². The van der Waals surface area contributed by atoms with Crippen LogP contribution in [0, 0.1) is 0 Å². The van der Waals surface area contributed by atoms with Gasteiger partial charge in [-0.3, -0.25) is 4.79 Å². The molecule has 0 unspecified atom stereocenters. The number of fused-ring (bicyclic) bond motifs is 1. The molecule has 0 spiro atoms. The number of ketones is 1. The number of halogens is 1. The summed E-state index contributed by atoms with van der Waals surface area (Å²) < 4.78 is 6.20. The summed E-state index contributed by atoms with van der Waals surface area (Å²) in [4.78, 5) is 12.9. The minimum absolute atomic E-state index is 0.0786. The van der Waals surface area contributed by atoms with Crippen LogP contribution < -0.4 is 4.74 Å². The van der Waals surface area contributed by atoms with Gasteiger partial charge in [0.1, 0.15) is 5.75 Å². The molecule has 2 aromatic rings. The molecule has 4 heteroatoms. The Kier molecular flexibility index (Phi) is 2.50. The van der Waals surface area contributed by atoms with E-state index in [1.165, 1.54) is 11.3 Å².